The van der Waals surface area contributed by atoms with Gasteiger partial charge in [0.2, 0.25) is 0 Å². The topological polar surface area (TPSA) is 220 Å². The number of rotatable bonds is 9. The van der Waals surface area contributed by atoms with E-state index in [9.17, 15) is 23.3 Å². The van der Waals surface area contributed by atoms with E-state index in [1.54, 1.807) is 30.3 Å². The number of aromatic hydroxyl groups is 1. The second-order valence-electron chi connectivity index (χ2n) is 10.1. The molecule has 236 valence electrons. The van der Waals surface area contributed by atoms with E-state index in [4.69, 9.17) is 11.5 Å². The van der Waals surface area contributed by atoms with Gasteiger partial charge in [0.15, 0.2) is 0 Å². The van der Waals surface area contributed by atoms with Crippen molar-refractivity contribution in [1.29, 1.82) is 0 Å². The van der Waals surface area contributed by atoms with Crippen LogP contribution in [0, 0.1) is 0 Å². The van der Waals surface area contributed by atoms with Crippen LogP contribution in [0.5, 0.6) is 5.75 Å². The minimum atomic E-state index is -4.88. The number of benzene rings is 6. The van der Waals surface area contributed by atoms with Gasteiger partial charge in [-0.05, 0) is 70.4 Å². The number of phenolic OH excluding ortho intramolecular Hbond substituents is 1. The molecule has 0 amide bonds. The molecule has 5 N–H and O–H groups in total. The number of nitrogen functional groups attached to an aromatic ring is 2. The first-order valence-corrected chi connectivity index (χ1v) is 15.8. The predicted octanol–water partition coefficient (Wildman–Crippen LogP) is 1.50. The summed E-state index contributed by atoms with van der Waals surface area (Å²) < 4.78 is 38.9. The zero-order valence-electron chi connectivity index (χ0n) is 26.0. The molecule has 49 heavy (non-hydrogen) atoms. The third kappa shape index (κ3) is 8.67. The van der Waals surface area contributed by atoms with Gasteiger partial charge in [0.05, 0.1) is 39.7 Å². The van der Waals surface area contributed by atoms with Crippen LogP contribution >= 0.6 is 12.0 Å². The Balaban J connectivity index is 0.00000270. The maximum absolute atomic E-state index is 11.5. The van der Waals surface area contributed by atoms with Crippen LogP contribution < -0.4 is 75.8 Å². The van der Waals surface area contributed by atoms with Crippen molar-refractivity contribution in [3.8, 4) is 16.9 Å². The van der Waals surface area contributed by atoms with Crippen LogP contribution in [0.15, 0.2) is 133 Å². The molecule has 0 bridgehead atoms. The Labute approximate surface area is 328 Å². The number of anilines is 2. The molecule has 0 atom stereocenters. The van der Waals surface area contributed by atoms with Crippen LogP contribution in [0.25, 0.3) is 32.7 Å². The van der Waals surface area contributed by atoms with Crippen molar-refractivity contribution in [2.24, 2.45) is 20.5 Å². The van der Waals surface area contributed by atoms with Gasteiger partial charge in [-0.15, -0.1) is 10.2 Å². The monoisotopic (exact) mass is 712 g/mol. The molecule has 6 aromatic rings. The van der Waals surface area contributed by atoms with Crippen LogP contribution in [-0.2, 0) is 19.5 Å². The first-order chi connectivity index (χ1) is 22.6. The van der Waals surface area contributed by atoms with Crippen molar-refractivity contribution in [3.63, 3.8) is 0 Å². The quantitative estimate of drug-likeness (QED) is 0.0373. The Bertz CT molecular complexity index is 2310. The molecule has 0 aliphatic carbocycles. The summed E-state index contributed by atoms with van der Waals surface area (Å²) in [7, 11) is -4.88. The first-order valence-electron chi connectivity index (χ1n) is 13.6. The minimum absolute atomic E-state index is 0. The molecule has 6 rings (SSSR count). The second-order valence-corrected chi connectivity index (χ2v) is 12.2. The molecule has 0 saturated heterocycles. The zero-order chi connectivity index (χ0) is 33.1. The maximum atomic E-state index is 11.5. The summed E-state index contributed by atoms with van der Waals surface area (Å²) in [5, 5.41) is 43.3. The van der Waals surface area contributed by atoms with Crippen molar-refractivity contribution < 1.29 is 91.8 Å². The van der Waals surface area contributed by atoms with Crippen LogP contribution in [0.4, 0.5) is 34.1 Å². The Hall–Kier alpha value is -3.42. The SMILES string of the molecule is Nc1cc2ccc(S(=O)(=O)[O-])c(O)c2cc1N=Nc1ccc(-c2ccc(N=Nc3cc(SOO[O-])c4ccccc4c3N)cc2)cc1.[Na+].[Na+]. The van der Waals surface area contributed by atoms with Gasteiger partial charge in [-0.3, -0.25) is 5.04 Å². The average Bonchev–Trinajstić information content (AvgIpc) is 3.07. The molecule has 6 aromatic carbocycles. The van der Waals surface area contributed by atoms with E-state index in [0.29, 0.717) is 33.0 Å². The number of nitrogens with zero attached hydrogens (tertiary/aromatic N) is 4. The summed E-state index contributed by atoms with van der Waals surface area (Å²) in [4.78, 5) is -0.142. The molecular weight excluding hydrogens is 691 g/mol. The predicted molar refractivity (Wildman–Crippen MR) is 175 cm³/mol. The molecule has 17 heteroatoms. The third-order valence-corrected chi connectivity index (χ3v) is 8.67. The fraction of sp³-hybridized carbons (Fsp3) is 0. The van der Waals surface area contributed by atoms with E-state index in [0.717, 1.165) is 40.0 Å². The molecule has 0 aliphatic heterocycles. The van der Waals surface area contributed by atoms with Gasteiger partial charge in [0.1, 0.15) is 27.2 Å². The molecule has 0 fully saturated rings. The van der Waals surface area contributed by atoms with E-state index in [-0.39, 0.29) is 75.9 Å². The van der Waals surface area contributed by atoms with Crippen molar-refractivity contribution in [2.75, 3.05) is 11.5 Å². The Morgan fingerprint density at radius 1 is 0.694 bits per heavy atom. The fourth-order valence-corrected chi connectivity index (χ4v) is 5.96. The second kappa shape index (κ2) is 16.5. The largest absolute Gasteiger partial charge is 1.00 e. The minimum Gasteiger partial charge on any atom is -0.744 e. The molecule has 0 aromatic heterocycles. The number of azo groups is 2. The summed E-state index contributed by atoms with van der Waals surface area (Å²) in [6, 6.07) is 28.9. The number of fused-ring (bicyclic) bond motifs is 2. The van der Waals surface area contributed by atoms with Crippen molar-refractivity contribution >= 4 is 77.8 Å². The zero-order valence-corrected chi connectivity index (χ0v) is 31.6. The number of hydrogen-bond acceptors (Lipinski definition) is 14. The molecule has 0 unspecified atom stereocenters. The number of phenols is 1. The van der Waals surface area contributed by atoms with Crippen LogP contribution in [-0.4, -0.2) is 18.1 Å². The number of hydrogen-bond donors (Lipinski definition) is 3. The summed E-state index contributed by atoms with van der Waals surface area (Å²) in [6.07, 6.45) is 0. The van der Waals surface area contributed by atoms with E-state index in [1.165, 1.54) is 18.2 Å². The van der Waals surface area contributed by atoms with Gasteiger partial charge >= 0.3 is 59.1 Å². The summed E-state index contributed by atoms with van der Waals surface area (Å²) in [6.45, 7) is 0. The van der Waals surface area contributed by atoms with Crippen LogP contribution in [0.2, 0.25) is 0 Å². The summed E-state index contributed by atoms with van der Waals surface area (Å²) in [5.74, 6) is -0.672. The molecule has 0 spiro atoms. The number of nitrogens with two attached hydrogens (primary N) is 2. The molecular formula is C32H22N6Na2O7S2. The van der Waals surface area contributed by atoms with Gasteiger partial charge in [0.25, 0.3) is 0 Å². The molecule has 0 radical (unpaired) electrons. The fourth-order valence-electron chi connectivity index (χ4n) is 4.85. The molecule has 0 aliphatic rings. The average molecular weight is 713 g/mol. The third-order valence-electron chi connectivity index (χ3n) is 7.16. The molecule has 13 nitrogen and oxygen atoms in total. The summed E-state index contributed by atoms with van der Waals surface area (Å²) in [5.41, 5.74) is 16.6. The van der Waals surface area contributed by atoms with E-state index >= 15 is 0 Å². The van der Waals surface area contributed by atoms with Crippen molar-refractivity contribution in [1.82, 2.24) is 0 Å². The first kappa shape index (κ1) is 38.4. The maximum Gasteiger partial charge on any atom is 1.00 e. The van der Waals surface area contributed by atoms with E-state index in [1.807, 2.05) is 48.5 Å². The molecule has 0 heterocycles. The van der Waals surface area contributed by atoms with Gasteiger partial charge in [-0.25, -0.2) is 8.42 Å². The van der Waals surface area contributed by atoms with Gasteiger partial charge in [-0.1, -0.05) is 54.6 Å². The van der Waals surface area contributed by atoms with Crippen molar-refractivity contribution in [3.05, 3.63) is 103 Å². The summed E-state index contributed by atoms with van der Waals surface area (Å²) >= 11 is 0.752. The Morgan fingerprint density at radius 3 is 1.84 bits per heavy atom. The van der Waals surface area contributed by atoms with Gasteiger partial charge in [0, 0.05) is 15.7 Å². The van der Waals surface area contributed by atoms with E-state index < -0.39 is 20.8 Å². The van der Waals surface area contributed by atoms with Gasteiger partial charge in [-0.2, -0.15) is 14.6 Å². The van der Waals surface area contributed by atoms with Gasteiger partial charge < -0.3 is 26.4 Å². The smallest absolute Gasteiger partial charge is 0.744 e. The van der Waals surface area contributed by atoms with Crippen LogP contribution in [0.1, 0.15) is 0 Å². The van der Waals surface area contributed by atoms with E-state index in [2.05, 4.69) is 29.8 Å². The van der Waals surface area contributed by atoms with Crippen LogP contribution in [0.3, 0.4) is 0 Å². The standard InChI is InChI=1S/C32H24N6O7S2.2Na/c33-26-15-20-9-14-30(47(41,42)43)32(39)25(20)16-27(26)37-35-21-10-5-18(6-11-21)19-7-12-22(13-8-19)36-38-28-17-29(46-45-44-40)23-3-1-2-4-24(23)31(28)34;;/h1-17,39-40H,33-34H2,(H,41,42,43);;/q;2*+1/p-2. The normalized spacial score (nSPS) is 11.6. The molecule has 0 saturated carbocycles. The Morgan fingerprint density at radius 2 is 1.27 bits per heavy atom. The Kier molecular flexibility index (Phi) is 12.9. The van der Waals surface area contributed by atoms with Crippen molar-refractivity contribution in [2.45, 2.75) is 9.79 Å².